The van der Waals surface area contributed by atoms with Crippen LogP contribution in [0, 0.1) is 18.3 Å². The number of hydrogen-bond acceptors (Lipinski definition) is 4. The van der Waals surface area contributed by atoms with Gasteiger partial charge >= 0.3 is 0 Å². The van der Waals surface area contributed by atoms with Gasteiger partial charge in [-0.15, -0.1) is 11.3 Å². The van der Waals surface area contributed by atoms with E-state index in [2.05, 4.69) is 16.4 Å². The molecule has 3 nitrogen and oxygen atoms in total. The van der Waals surface area contributed by atoms with Gasteiger partial charge in [-0.1, -0.05) is 6.92 Å². The van der Waals surface area contributed by atoms with Crippen LogP contribution in [0.5, 0.6) is 0 Å². The quantitative estimate of drug-likeness (QED) is 0.828. The predicted molar refractivity (Wildman–Crippen MR) is 58.1 cm³/mol. The van der Waals surface area contributed by atoms with Gasteiger partial charge in [0.05, 0.1) is 18.2 Å². The molecule has 4 heteroatoms. The zero-order valence-electron chi connectivity index (χ0n) is 8.74. The fourth-order valence-electron chi connectivity index (χ4n) is 1.19. The van der Waals surface area contributed by atoms with Gasteiger partial charge < -0.3 is 0 Å². The standard InChI is InChI=1S/C10H15N3S/c1-4-9(5-11)13-8(3)10-12-7(2)6-14-10/h6,8-9,13H,4H2,1-3H3. The van der Waals surface area contributed by atoms with Gasteiger partial charge in [0.25, 0.3) is 0 Å². The van der Waals surface area contributed by atoms with Crippen LogP contribution in [0.2, 0.25) is 0 Å². The maximum absolute atomic E-state index is 8.80. The van der Waals surface area contributed by atoms with E-state index >= 15 is 0 Å². The Kier molecular flexibility index (Phi) is 4.05. The van der Waals surface area contributed by atoms with Gasteiger partial charge in [0, 0.05) is 11.1 Å². The maximum Gasteiger partial charge on any atom is 0.110 e. The Hall–Kier alpha value is -0.920. The van der Waals surface area contributed by atoms with E-state index in [0.29, 0.717) is 0 Å². The average Bonchev–Trinajstić information content (AvgIpc) is 2.61. The summed E-state index contributed by atoms with van der Waals surface area (Å²) in [5.41, 5.74) is 1.05. The van der Waals surface area contributed by atoms with Crippen molar-refractivity contribution in [3.8, 4) is 6.07 Å². The first-order valence-corrected chi connectivity index (χ1v) is 5.63. The third kappa shape index (κ3) is 2.79. The lowest BCUT2D eigenvalue weighted by molar-refractivity contribution is 0.506. The van der Waals surface area contributed by atoms with Gasteiger partial charge in [0.1, 0.15) is 5.01 Å². The van der Waals surface area contributed by atoms with Gasteiger partial charge in [0.2, 0.25) is 0 Å². The molecule has 0 fully saturated rings. The third-order valence-electron chi connectivity index (χ3n) is 2.02. The van der Waals surface area contributed by atoms with Crippen molar-refractivity contribution in [2.24, 2.45) is 0 Å². The van der Waals surface area contributed by atoms with Gasteiger partial charge in [-0.25, -0.2) is 4.98 Å². The van der Waals surface area contributed by atoms with Crippen LogP contribution in [0.25, 0.3) is 0 Å². The molecular formula is C10H15N3S. The summed E-state index contributed by atoms with van der Waals surface area (Å²) in [6.45, 7) is 6.02. The summed E-state index contributed by atoms with van der Waals surface area (Å²) in [5.74, 6) is 0. The average molecular weight is 209 g/mol. The summed E-state index contributed by atoms with van der Waals surface area (Å²) in [7, 11) is 0. The summed E-state index contributed by atoms with van der Waals surface area (Å²) < 4.78 is 0. The van der Waals surface area contributed by atoms with Crippen molar-refractivity contribution >= 4 is 11.3 Å². The van der Waals surface area contributed by atoms with Crippen LogP contribution in [0.4, 0.5) is 0 Å². The van der Waals surface area contributed by atoms with E-state index in [-0.39, 0.29) is 12.1 Å². The minimum absolute atomic E-state index is 0.0748. The third-order valence-corrected chi connectivity index (χ3v) is 3.17. The first-order valence-electron chi connectivity index (χ1n) is 4.75. The van der Waals surface area contributed by atoms with E-state index < -0.39 is 0 Å². The zero-order valence-corrected chi connectivity index (χ0v) is 9.56. The number of hydrogen-bond donors (Lipinski definition) is 1. The summed E-state index contributed by atoms with van der Waals surface area (Å²) in [6.07, 6.45) is 0.825. The number of nitrogens with zero attached hydrogens (tertiary/aromatic N) is 2. The highest BCUT2D eigenvalue weighted by molar-refractivity contribution is 7.09. The van der Waals surface area contributed by atoms with Crippen molar-refractivity contribution in [1.29, 1.82) is 5.26 Å². The van der Waals surface area contributed by atoms with E-state index in [1.54, 1.807) is 11.3 Å². The topological polar surface area (TPSA) is 48.7 Å². The number of aromatic nitrogens is 1. The molecule has 1 aromatic rings. The van der Waals surface area contributed by atoms with Crippen molar-refractivity contribution in [3.05, 3.63) is 16.1 Å². The molecule has 14 heavy (non-hydrogen) atoms. The van der Waals surface area contributed by atoms with E-state index in [9.17, 15) is 0 Å². The Balaban J connectivity index is 2.58. The minimum atomic E-state index is -0.0748. The Morgan fingerprint density at radius 2 is 2.43 bits per heavy atom. The Morgan fingerprint density at radius 1 is 1.71 bits per heavy atom. The monoisotopic (exact) mass is 209 g/mol. The van der Waals surface area contributed by atoms with Crippen LogP contribution in [0.3, 0.4) is 0 Å². The predicted octanol–water partition coefficient (Wildman–Crippen LogP) is 2.40. The summed E-state index contributed by atoms with van der Waals surface area (Å²) in [6, 6.07) is 2.32. The fraction of sp³-hybridized carbons (Fsp3) is 0.600. The molecule has 0 aliphatic carbocycles. The van der Waals surface area contributed by atoms with Gasteiger partial charge in [-0.05, 0) is 20.3 Å². The number of nitrogens with one attached hydrogen (secondary N) is 1. The van der Waals surface area contributed by atoms with Crippen molar-refractivity contribution in [1.82, 2.24) is 10.3 Å². The molecule has 0 radical (unpaired) electrons. The summed E-state index contributed by atoms with van der Waals surface area (Å²) >= 11 is 1.64. The molecule has 0 spiro atoms. The van der Waals surface area contributed by atoms with E-state index in [1.165, 1.54) is 0 Å². The van der Waals surface area contributed by atoms with Crippen LogP contribution in [0.15, 0.2) is 5.38 Å². The van der Waals surface area contributed by atoms with Crippen molar-refractivity contribution < 1.29 is 0 Å². The molecule has 2 atom stereocenters. The SMILES string of the molecule is CCC(C#N)NC(C)c1nc(C)cs1. The largest absolute Gasteiger partial charge is 0.293 e. The minimum Gasteiger partial charge on any atom is -0.293 e. The normalized spacial score (nSPS) is 14.7. The first kappa shape index (κ1) is 11.2. The highest BCUT2D eigenvalue weighted by atomic mass is 32.1. The second-order valence-corrected chi connectivity index (χ2v) is 4.20. The lowest BCUT2D eigenvalue weighted by Gasteiger charge is -2.14. The molecule has 0 aliphatic rings. The van der Waals surface area contributed by atoms with E-state index in [4.69, 9.17) is 5.26 Å². The van der Waals surface area contributed by atoms with Gasteiger partial charge in [0.15, 0.2) is 0 Å². The molecule has 0 saturated carbocycles. The molecule has 1 aromatic heterocycles. The molecule has 0 bridgehead atoms. The molecular weight excluding hydrogens is 194 g/mol. The van der Waals surface area contributed by atoms with E-state index in [0.717, 1.165) is 17.1 Å². The Bertz CT molecular complexity index is 326. The van der Waals surface area contributed by atoms with Crippen molar-refractivity contribution in [3.63, 3.8) is 0 Å². The van der Waals surface area contributed by atoms with Crippen LogP contribution >= 0.6 is 11.3 Å². The van der Waals surface area contributed by atoms with Crippen molar-refractivity contribution in [2.75, 3.05) is 0 Å². The lowest BCUT2D eigenvalue weighted by Crippen LogP contribution is -2.29. The molecule has 1 N–H and O–H groups in total. The zero-order chi connectivity index (χ0) is 10.6. The molecule has 2 unspecified atom stereocenters. The van der Waals surface area contributed by atoms with Gasteiger partial charge in [-0.3, -0.25) is 5.32 Å². The van der Waals surface area contributed by atoms with Crippen LogP contribution in [-0.2, 0) is 0 Å². The molecule has 0 amide bonds. The van der Waals surface area contributed by atoms with Crippen LogP contribution < -0.4 is 5.32 Å². The number of thiazole rings is 1. The van der Waals surface area contributed by atoms with Crippen molar-refractivity contribution in [2.45, 2.75) is 39.3 Å². The lowest BCUT2D eigenvalue weighted by atomic mass is 10.2. The molecule has 1 rings (SSSR count). The highest BCUT2D eigenvalue weighted by Crippen LogP contribution is 2.18. The number of rotatable bonds is 4. The fourth-order valence-corrected chi connectivity index (χ4v) is 2.00. The molecule has 1 heterocycles. The Morgan fingerprint density at radius 3 is 2.86 bits per heavy atom. The van der Waals surface area contributed by atoms with Crippen LogP contribution in [0.1, 0.15) is 37.0 Å². The summed E-state index contributed by atoms with van der Waals surface area (Å²) in [5, 5.41) is 15.1. The summed E-state index contributed by atoms with van der Waals surface area (Å²) in [4.78, 5) is 4.38. The number of nitriles is 1. The second-order valence-electron chi connectivity index (χ2n) is 3.31. The maximum atomic E-state index is 8.80. The molecule has 0 aliphatic heterocycles. The van der Waals surface area contributed by atoms with Gasteiger partial charge in [-0.2, -0.15) is 5.26 Å². The highest BCUT2D eigenvalue weighted by Gasteiger charge is 2.13. The second kappa shape index (κ2) is 5.08. The van der Waals surface area contributed by atoms with E-state index in [1.807, 2.05) is 26.2 Å². The molecule has 0 aromatic carbocycles. The molecule has 0 saturated heterocycles. The van der Waals surface area contributed by atoms with Crippen LogP contribution in [-0.4, -0.2) is 11.0 Å². The smallest absolute Gasteiger partial charge is 0.110 e. The Labute approximate surface area is 88.8 Å². The molecule has 76 valence electrons. The number of aryl methyl sites for hydroxylation is 1. The first-order chi connectivity index (χ1) is 6.67.